The molecule has 2 aromatic carbocycles. The van der Waals surface area contributed by atoms with Gasteiger partial charge >= 0.3 is 0 Å². The van der Waals surface area contributed by atoms with E-state index in [-0.39, 0.29) is 17.5 Å². The van der Waals surface area contributed by atoms with Crippen molar-refractivity contribution >= 4 is 17.5 Å². The summed E-state index contributed by atoms with van der Waals surface area (Å²) < 4.78 is 18.5. The quantitative estimate of drug-likeness (QED) is 0.731. The molecular formula is C21H18FN3O3. The Hall–Kier alpha value is -3.48. The average molecular weight is 379 g/mol. The van der Waals surface area contributed by atoms with Gasteiger partial charge in [-0.2, -0.15) is 0 Å². The number of carbonyl (C=O) groups excluding carboxylic acids is 2. The largest absolute Gasteiger partial charge is 0.350 e. The minimum absolute atomic E-state index is 0.0272. The van der Waals surface area contributed by atoms with Gasteiger partial charge in [0.2, 0.25) is 11.7 Å². The Morgan fingerprint density at radius 2 is 2.04 bits per heavy atom. The number of nitrogens with one attached hydrogen (secondary N) is 1. The van der Waals surface area contributed by atoms with E-state index in [0.717, 1.165) is 18.5 Å². The fraction of sp³-hybridized carbons (Fsp3) is 0.190. The molecule has 142 valence electrons. The Kier molecular flexibility index (Phi) is 4.89. The molecule has 0 radical (unpaired) electrons. The number of benzene rings is 2. The van der Waals surface area contributed by atoms with Crippen LogP contribution in [-0.4, -0.2) is 28.4 Å². The molecule has 1 aliphatic heterocycles. The summed E-state index contributed by atoms with van der Waals surface area (Å²) in [4.78, 5) is 26.0. The molecule has 0 spiro atoms. The van der Waals surface area contributed by atoms with Crippen LogP contribution in [0, 0.1) is 5.82 Å². The minimum atomic E-state index is -0.454. The Morgan fingerprint density at radius 3 is 2.82 bits per heavy atom. The van der Waals surface area contributed by atoms with Crippen LogP contribution >= 0.6 is 0 Å². The minimum Gasteiger partial charge on any atom is -0.350 e. The van der Waals surface area contributed by atoms with Gasteiger partial charge in [0.15, 0.2) is 0 Å². The number of likely N-dealkylation sites (tertiary alicyclic amines) is 1. The van der Waals surface area contributed by atoms with Crippen LogP contribution in [0.15, 0.2) is 59.1 Å². The summed E-state index contributed by atoms with van der Waals surface area (Å²) in [6.07, 6.45) is 1.48. The topological polar surface area (TPSA) is 75.4 Å². The molecule has 0 bridgehead atoms. The van der Waals surface area contributed by atoms with Crippen LogP contribution < -0.4 is 5.32 Å². The lowest BCUT2D eigenvalue weighted by Gasteiger charge is -2.16. The maximum atomic E-state index is 13.4. The van der Waals surface area contributed by atoms with Gasteiger partial charge in [0.25, 0.3) is 5.91 Å². The van der Waals surface area contributed by atoms with Crippen LogP contribution in [0.2, 0.25) is 0 Å². The first-order chi connectivity index (χ1) is 13.6. The van der Waals surface area contributed by atoms with Gasteiger partial charge in [-0.1, -0.05) is 29.4 Å². The van der Waals surface area contributed by atoms with E-state index in [4.69, 9.17) is 4.52 Å². The first-order valence-electron chi connectivity index (χ1n) is 8.99. The summed E-state index contributed by atoms with van der Waals surface area (Å²) in [7, 11) is 0. The summed E-state index contributed by atoms with van der Waals surface area (Å²) in [5, 5.41) is 6.60. The highest BCUT2D eigenvalue weighted by molar-refractivity contribution is 6.02. The van der Waals surface area contributed by atoms with Gasteiger partial charge in [-0.25, -0.2) is 4.39 Å². The molecule has 0 saturated carbocycles. The maximum absolute atomic E-state index is 13.4. The van der Waals surface area contributed by atoms with Crippen molar-refractivity contribution < 1.29 is 18.5 Å². The SMILES string of the molecule is O=C(Nc1cccc(CN2CCCC2=O)c1)c1cc(-c2cccc(F)c2)no1. The number of aromatic nitrogens is 1. The van der Waals surface area contributed by atoms with E-state index in [9.17, 15) is 14.0 Å². The van der Waals surface area contributed by atoms with Crippen molar-refractivity contribution in [2.24, 2.45) is 0 Å². The zero-order valence-electron chi connectivity index (χ0n) is 15.0. The third-order valence-electron chi connectivity index (χ3n) is 4.58. The molecule has 0 aliphatic carbocycles. The molecule has 0 atom stereocenters. The number of hydrogen-bond acceptors (Lipinski definition) is 4. The van der Waals surface area contributed by atoms with E-state index in [1.54, 1.807) is 18.2 Å². The second kappa shape index (κ2) is 7.64. The molecule has 3 aromatic rings. The summed E-state index contributed by atoms with van der Waals surface area (Å²) in [5.74, 6) is -0.662. The van der Waals surface area contributed by atoms with Crippen molar-refractivity contribution in [3.63, 3.8) is 0 Å². The van der Waals surface area contributed by atoms with Gasteiger partial charge in [0, 0.05) is 36.8 Å². The summed E-state index contributed by atoms with van der Waals surface area (Å²) in [6.45, 7) is 1.28. The second-order valence-corrected chi connectivity index (χ2v) is 6.66. The van der Waals surface area contributed by atoms with Gasteiger partial charge < -0.3 is 14.7 Å². The van der Waals surface area contributed by atoms with Crippen molar-refractivity contribution in [1.82, 2.24) is 10.1 Å². The predicted molar refractivity (Wildman–Crippen MR) is 101 cm³/mol. The second-order valence-electron chi connectivity index (χ2n) is 6.66. The Bertz CT molecular complexity index is 1030. The zero-order valence-corrected chi connectivity index (χ0v) is 15.0. The fourth-order valence-corrected chi connectivity index (χ4v) is 3.20. The number of anilines is 1. The summed E-state index contributed by atoms with van der Waals surface area (Å²) >= 11 is 0. The number of hydrogen-bond donors (Lipinski definition) is 1. The van der Waals surface area contributed by atoms with Gasteiger partial charge in [0.1, 0.15) is 11.5 Å². The third kappa shape index (κ3) is 3.93. The van der Waals surface area contributed by atoms with Gasteiger partial charge in [0.05, 0.1) is 0 Å². The van der Waals surface area contributed by atoms with Crippen LogP contribution in [0.25, 0.3) is 11.3 Å². The number of carbonyl (C=O) groups is 2. The molecule has 1 fully saturated rings. The van der Waals surface area contributed by atoms with Gasteiger partial charge in [-0.05, 0) is 36.2 Å². The fourth-order valence-electron chi connectivity index (χ4n) is 3.20. The highest BCUT2D eigenvalue weighted by atomic mass is 19.1. The number of rotatable bonds is 5. The first kappa shape index (κ1) is 17.9. The van der Waals surface area contributed by atoms with Crippen molar-refractivity contribution in [3.05, 3.63) is 71.7 Å². The lowest BCUT2D eigenvalue weighted by atomic mass is 10.1. The molecule has 7 heteroatoms. The molecule has 2 heterocycles. The van der Waals surface area contributed by atoms with E-state index in [2.05, 4.69) is 10.5 Å². The van der Waals surface area contributed by atoms with Crippen LogP contribution in [0.1, 0.15) is 29.0 Å². The number of nitrogens with zero attached hydrogens (tertiary/aromatic N) is 2. The standard InChI is InChI=1S/C21H18FN3O3/c22-16-6-2-5-15(11-16)18-12-19(28-24-18)21(27)23-17-7-1-4-14(10-17)13-25-9-3-8-20(25)26/h1-2,4-7,10-12H,3,8-9,13H2,(H,23,27). The number of halogens is 1. The van der Waals surface area contributed by atoms with E-state index in [1.807, 2.05) is 23.1 Å². The van der Waals surface area contributed by atoms with E-state index < -0.39 is 5.91 Å². The van der Waals surface area contributed by atoms with Crippen LogP contribution in [0.5, 0.6) is 0 Å². The smallest absolute Gasteiger partial charge is 0.294 e. The van der Waals surface area contributed by atoms with Gasteiger partial charge in [-0.3, -0.25) is 9.59 Å². The molecule has 6 nitrogen and oxygen atoms in total. The van der Waals surface area contributed by atoms with Crippen molar-refractivity contribution in [2.75, 3.05) is 11.9 Å². The van der Waals surface area contributed by atoms with Crippen LogP contribution in [-0.2, 0) is 11.3 Å². The zero-order chi connectivity index (χ0) is 19.5. The molecule has 1 aliphatic rings. The van der Waals surface area contributed by atoms with E-state index in [0.29, 0.717) is 29.9 Å². The van der Waals surface area contributed by atoms with E-state index >= 15 is 0 Å². The first-order valence-corrected chi connectivity index (χ1v) is 8.99. The van der Waals surface area contributed by atoms with Gasteiger partial charge in [-0.15, -0.1) is 0 Å². The van der Waals surface area contributed by atoms with Crippen molar-refractivity contribution in [1.29, 1.82) is 0 Å². The highest BCUT2D eigenvalue weighted by Gasteiger charge is 2.20. The molecule has 1 aromatic heterocycles. The predicted octanol–water partition coefficient (Wildman–Crippen LogP) is 3.86. The Balaban J connectivity index is 1.45. The molecule has 1 saturated heterocycles. The molecule has 28 heavy (non-hydrogen) atoms. The Morgan fingerprint density at radius 1 is 1.18 bits per heavy atom. The third-order valence-corrected chi connectivity index (χ3v) is 4.58. The van der Waals surface area contributed by atoms with Crippen molar-refractivity contribution in [3.8, 4) is 11.3 Å². The average Bonchev–Trinajstić information content (AvgIpc) is 3.32. The van der Waals surface area contributed by atoms with Crippen LogP contribution in [0.3, 0.4) is 0 Å². The highest BCUT2D eigenvalue weighted by Crippen LogP contribution is 2.21. The Labute approximate surface area is 160 Å². The summed E-state index contributed by atoms with van der Waals surface area (Å²) in [6, 6.07) is 14.7. The monoisotopic (exact) mass is 379 g/mol. The van der Waals surface area contributed by atoms with Crippen LogP contribution in [0.4, 0.5) is 10.1 Å². The summed E-state index contributed by atoms with van der Waals surface area (Å²) in [5.41, 5.74) is 2.44. The molecular weight excluding hydrogens is 361 g/mol. The maximum Gasteiger partial charge on any atom is 0.294 e. The van der Waals surface area contributed by atoms with E-state index in [1.165, 1.54) is 18.2 Å². The molecule has 0 unspecified atom stereocenters. The lowest BCUT2D eigenvalue weighted by Crippen LogP contribution is -2.23. The molecule has 2 amide bonds. The number of amides is 2. The van der Waals surface area contributed by atoms with Crippen molar-refractivity contribution in [2.45, 2.75) is 19.4 Å². The lowest BCUT2D eigenvalue weighted by molar-refractivity contribution is -0.128. The molecule has 4 rings (SSSR count). The molecule has 1 N–H and O–H groups in total. The normalized spacial score (nSPS) is 13.8.